The Kier molecular flexibility index (Phi) is 6.89. The molecule has 0 aromatic heterocycles. The molecule has 4 rings (SSSR count). The molecule has 2 aliphatic rings. The van der Waals surface area contributed by atoms with E-state index in [1.807, 2.05) is 42.5 Å². The minimum absolute atomic E-state index is 0.0135. The molecule has 166 valence electrons. The van der Waals surface area contributed by atoms with Gasteiger partial charge < -0.3 is 10.1 Å². The van der Waals surface area contributed by atoms with Crippen molar-refractivity contribution < 1.29 is 9.53 Å². The molecule has 1 amide bonds. The van der Waals surface area contributed by atoms with Gasteiger partial charge in [-0.05, 0) is 43.7 Å². The van der Waals surface area contributed by atoms with Crippen LogP contribution in [-0.4, -0.2) is 61.1 Å². The third kappa shape index (κ3) is 4.62. The van der Waals surface area contributed by atoms with Crippen molar-refractivity contribution in [1.82, 2.24) is 9.80 Å². The van der Waals surface area contributed by atoms with Crippen LogP contribution in [0.3, 0.4) is 0 Å². The van der Waals surface area contributed by atoms with E-state index in [0.29, 0.717) is 16.5 Å². The lowest BCUT2D eigenvalue weighted by Gasteiger charge is -2.43. The Morgan fingerprint density at radius 2 is 1.87 bits per heavy atom. The van der Waals surface area contributed by atoms with Crippen molar-refractivity contribution in [2.45, 2.75) is 31.8 Å². The number of amides is 1. The van der Waals surface area contributed by atoms with Gasteiger partial charge in [-0.1, -0.05) is 41.4 Å². The molecule has 0 aliphatic carbocycles. The topological polar surface area (TPSA) is 44.8 Å². The Morgan fingerprint density at radius 1 is 1.13 bits per heavy atom. The Hall–Kier alpha value is -1.63. The minimum atomic E-state index is -0.828. The first-order valence-electron chi connectivity index (χ1n) is 10.8. The summed E-state index contributed by atoms with van der Waals surface area (Å²) >= 11 is 12.5. The molecule has 1 atom stereocenters. The second-order valence-electron chi connectivity index (χ2n) is 8.55. The zero-order valence-electron chi connectivity index (χ0n) is 18.0. The summed E-state index contributed by atoms with van der Waals surface area (Å²) in [5.74, 6) is -0.0135. The van der Waals surface area contributed by atoms with Crippen molar-refractivity contribution in [2.75, 3.05) is 44.7 Å². The number of fused-ring (bicyclic) bond motifs is 1. The van der Waals surface area contributed by atoms with E-state index in [0.717, 1.165) is 56.2 Å². The standard InChI is InChI=1S/C24H29Cl2N3O2/c1-17(2)29(9-8-28-10-12-31-13-11-28)24(16-18-4-3-5-19(25)14-18)21-7-6-20(26)15-22(21)27-23(24)30/h3-7,14-15,17H,8-13,16H2,1-2H3,(H,27,30). The largest absolute Gasteiger partial charge is 0.379 e. The maximum Gasteiger partial charge on any atom is 0.249 e. The number of morpholine rings is 1. The minimum Gasteiger partial charge on any atom is -0.379 e. The van der Waals surface area contributed by atoms with Crippen LogP contribution in [0.15, 0.2) is 42.5 Å². The fourth-order valence-electron chi connectivity index (χ4n) is 4.80. The van der Waals surface area contributed by atoms with Gasteiger partial charge in [0.25, 0.3) is 0 Å². The number of hydrogen-bond acceptors (Lipinski definition) is 4. The fourth-order valence-corrected chi connectivity index (χ4v) is 5.18. The number of hydrogen-bond donors (Lipinski definition) is 1. The monoisotopic (exact) mass is 461 g/mol. The highest BCUT2D eigenvalue weighted by Gasteiger charge is 2.52. The van der Waals surface area contributed by atoms with Crippen molar-refractivity contribution >= 4 is 34.8 Å². The summed E-state index contributed by atoms with van der Waals surface area (Å²) in [4.78, 5) is 18.4. The van der Waals surface area contributed by atoms with Crippen LogP contribution in [0.4, 0.5) is 5.69 Å². The van der Waals surface area contributed by atoms with Gasteiger partial charge in [-0.2, -0.15) is 0 Å². The molecule has 31 heavy (non-hydrogen) atoms. The molecule has 7 heteroatoms. The second-order valence-corrected chi connectivity index (χ2v) is 9.43. The molecule has 2 aromatic rings. The van der Waals surface area contributed by atoms with Crippen LogP contribution in [-0.2, 0) is 21.5 Å². The van der Waals surface area contributed by atoms with Crippen LogP contribution in [0.1, 0.15) is 25.0 Å². The van der Waals surface area contributed by atoms with Crippen molar-refractivity contribution in [3.63, 3.8) is 0 Å². The number of anilines is 1. The van der Waals surface area contributed by atoms with E-state index < -0.39 is 5.54 Å². The first kappa shape index (κ1) is 22.6. The molecule has 1 fully saturated rings. The van der Waals surface area contributed by atoms with E-state index in [9.17, 15) is 4.79 Å². The molecular formula is C24H29Cl2N3O2. The van der Waals surface area contributed by atoms with Crippen LogP contribution in [0.2, 0.25) is 10.0 Å². The number of nitrogens with zero attached hydrogens (tertiary/aromatic N) is 2. The van der Waals surface area contributed by atoms with Crippen molar-refractivity contribution in [3.8, 4) is 0 Å². The molecule has 0 spiro atoms. The number of halogens is 2. The summed E-state index contributed by atoms with van der Waals surface area (Å²) in [7, 11) is 0. The molecule has 5 nitrogen and oxygen atoms in total. The van der Waals surface area contributed by atoms with Gasteiger partial charge in [-0.15, -0.1) is 0 Å². The van der Waals surface area contributed by atoms with E-state index in [1.165, 1.54) is 0 Å². The average molecular weight is 462 g/mol. The smallest absolute Gasteiger partial charge is 0.249 e. The second kappa shape index (κ2) is 9.47. The lowest BCUT2D eigenvalue weighted by Crippen LogP contribution is -2.57. The first-order chi connectivity index (χ1) is 14.9. The summed E-state index contributed by atoms with van der Waals surface area (Å²) < 4.78 is 5.49. The molecule has 0 radical (unpaired) electrons. The maximum absolute atomic E-state index is 13.7. The molecular weight excluding hydrogens is 433 g/mol. The van der Waals surface area contributed by atoms with Gasteiger partial charge in [-0.3, -0.25) is 14.6 Å². The van der Waals surface area contributed by atoms with Crippen LogP contribution in [0.5, 0.6) is 0 Å². The Labute approximate surface area is 194 Å². The van der Waals surface area contributed by atoms with E-state index >= 15 is 0 Å². The molecule has 1 N–H and O–H groups in total. The van der Waals surface area contributed by atoms with Gasteiger partial charge >= 0.3 is 0 Å². The fraction of sp³-hybridized carbons (Fsp3) is 0.458. The zero-order valence-corrected chi connectivity index (χ0v) is 19.5. The Bertz CT molecular complexity index is 946. The number of ether oxygens (including phenoxy) is 1. The average Bonchev–Trinajstić information content (AvgIpc) is 2.99. The predicted molar refractivity (Wildman–Crippen MR) is 126 cm³/mol. The van der Waals surface area contributed by atoms with Gasteiger partial charge in [0, 0.05) is 59.9 Å². The zero-order chi connectivity index (χ0) is 22.0. The molecule has 1 unspecified atom stereocenters. The van der Waals surface area contributed by atoms with Crippen molar-refractivity contribution in [3.05, 3.63) is 63.6 Å². The summed E-state index contributed by atoms with van der Waals surface area (Å²) in [6.07, 6.45) is 0.537. The maximum atomic E-state index is 13.7. The highest BCUT2D eigenvalue weighted by Crippen LogP contribution is 2.45. The Balaban J connectivity index is 1.74. The molecule has 0 bridgehead atoms. The van der Waals surface area contributed by atoms with Gasteiger partial charge in [0.2, 0.25) is 5.91 Å². The highest BCUT2D eigenvalue weighted by molar-refractivity contribution is 6.31. The molecule has 2 aliphatic heterocycles. The number of benzene rings is 2. The quantitative estimate of drug-likeness (QED) is 0.662. The summed E-state index contributed by atoms with van der Waals surface area (Å²) in [5, 5.41) is 4.39. The van der Waals surface area contributed by atoms with Crippen LogP contribution in [0, 0.1) is 0 Å². The van der Waals surface area contributed by atoms with Crippen LogP contribution < -0.4 is 5.32 Å². The van der Waals surface area contributed by atoms with Gasteiger partial charge in [0.1, 0.15) is 5.54 Å². The number of carbonyl (C=O) groups excluding carboxylic acids is 1. The SMILES string of the molecule is CC(C)N(CCN1CCOCC1)C1(Cc2cccc(Cl)c2)C(=O)Nc2cc(Cl)ccc21. The first-order valence-corrected chi connectivity index (χ1v) is 11.6. The van der Waals surface area contributed by atoms with Crippen LogP contribution >= 0.6 is 23.2 Å². The van der Waals surface area contributed by atoms with Crippen molar-refractivity contribution in [2.24, 2.45) is 0 Å². The third-order valence-corrected chi connectivity index (χ3v) is 6.74. The van der Waals surface area contributed by atoms with Crippen molar-refractivity contribution in [1.29, 1.82) is 0 Å². The van der Waals surface area contributed by atoms with E-state index in [4.69, 9.17) is 27.9 Å². The van der Waals surface area contributed by atoms with Gasteiger partial charge in [-0.25, -0.2) is 0 Å². The van der Waals surface area contributed by atoms with Gasteiger partial charge in [0.15, 0.2) is 0 Å². The summed E-state index contributed by atoms with van der Waals surface area (Å²) in [6.45, 7) is 9.33. The van der Waals surface area contributed by atoms with Gasteiger partial charge in [0.05, 0.1) is 13.2 Å². The van der Waals surface area contributed by atoms with E-state index in [2.05, 4.69) is 29.0 Å². The Morgan fingerprint density at radius 3 is 2.58 bits per heavy atom. The van der Waals surface area contributed by atoms with E-state index in [1.54, 1.807) is 0 Å². The molecule has 0 saturated carbocycles. The summed E-state index contributed by atoms with van der Waals surface area (Å²) in [6, 6.07) is 13.6. The molecule has 2 aromatic carbocycles. The summed E-state index contributed by atoms with van der Waals surface area (Å²) in [5.41, 5.74) is 1.96. The lowest BCUT2D eigenvalue weighted by atomic mass is 9.82. The number of nitrogens with one attached hydrogen (secondary N) is 1. The highest BCUT2D eigenvalue weighted by atomic mass is 35.5. The number of rotatable bonds is 7. The lowest BCUT2D eigenvalue weighted by molar-refractivity contribution is -0.129. The predicted octanol–water partition coefficient (Wildman–Crippen LogP) is 4.43. The molecule has 1 saturated heterocycles. The number of carbonyl (C=O) groups is 1. The van der Waals surface area contributed by atoms with Crippen LogP contribution in [0.25, 0.3) is 0 Å². The third-order valence-electron chi connectivity index (χ3n) is 6.27. The normalized spacial score (nSPS) is 21.5. The molecule has 2 heterocycles. The van der Waals surface area contributed by atoms with E-state index in [-0.39, 0.29) is 11.9 Å².